The van der Waals surface area contributed by atoms with Crippen LogP contribution in [-0.2, 0) is 4.79 Å². The summed E-state index contributed by atoms with van der Waals surface area (Å²) in [5, 5.41) is 0. The van der Waals surface area contributed by atoms with Crippen molar-refractivity contribution in [1.82, 2.24) is 4.90 Å². The van der Waals surface area contributed by atoms with Gasteiger partial charge in [0.15, 0.2) is 0 Å². The van der Waals surface area contributed by atoms with Gasteiger partial charge in [-0.15, -0.1) is 0 Å². The highest BCUT2D eigenvalue weighted by molar-refractivity contribution is 5.75. The van der Waals surface area contributed by atoms with Crippen molar-refractivity contribution >= 4 is 5.97 Å². The third-order valence-corrected chi connectivity index (χ3v) is 3.18. The molecule has 0 aliphatic carbocycles. The van der Waals surface area contributed by atoms with Gasteiger partial charge >= 0.3 is 5.97 Å². The van der Waals surface area contributed by atoms with E-state index in [2.05, 4.69) is 4.90 Å². The number of rotatable bonds is 3. The maximum atomic E-state index is 11.8. The topological polar surface area (TPSA) is 29.5 Å². The van der Waals surface area contributed by atoms with Crippen LogP contribution < -0.4 is 4.74 Å². The largest absolute Gasteiger partial charge is 0.425 e. The predicted octanol–water partition coefficient (Wildman–Crippen LogP) is 2.30. The Hall–Kier alpha value is -1.35. The minimum Gasteiger partial charge on any atom is -0.425 e. The van der Waals surface area contributed by atoms with Gasteiger partial charge in [0.05, 0.1) is 6.54 Å². The summed E-state index contributed by atoms with van der Waals surface area (Å²) in [5.41, 5.74) is 2.03. The van der Waals surface area contributed by atoms with Gasteiger partial charge in [0.25, 0.3) is 0 Å². The number of ether oxygens (including phenoxy) is 1. The quantitative estimate of drug-likeness (QED) is 0.592. The van der Waals surface area contributed by atoms with Crippen LogP contribution in [0.4, 0.5) is 0 Å². The monoisotopic (exact) mass is 233 g/mol. The molecule has 0 spiro atoms. The van der Waals surface area contributed by atoms with E-state index in [-0.39, 0.29) is 5.97 Å². The fraction of sp³-hybridized carbons (Fsp3) is 0.500. The Morgan fingerprint density at radius 3 is 2.41 bits per heavy atom. The molecule has 0 atom stereocenters. The molecule has 1 heterocycles. The van der Waals surface area contributed by atoms with E-state index in [1.54, 1.807) is 0 Å². The van der Waals surface area contributed by atoms with Gasteiger partial charge in [-0.05, 0) is 50.9 Å². The lowest BCUT2D eigenvalue weighted by Crippen LogP contribution is -2.30. The average molecular weight is 233 g/mol. The molecule has 3 nitrogen and oxygen atoms in total. The van der Waals surface area contributed by atoms with Gasteiger partial charge in [0.1, 0.15) is 5.75 Å². The second kappa shape index (κ2) is 5.32. The maximum Gasteiger partial charge on any atom is 0.325 e. The van der Waals surface area contributed by atoms with E-state index in [4.69, 9.17) is 4.74 Å². The van der Waals surface area contributed by atoms with Crippen molar-refractivity contribution in [3.05, 3.63) is 29.3 Å². The number of benzene rings is 1. The summed E-state index contributed by atoms with van der Waals surface area (Å²) in [6.45, 7) is 6.37. The zero-order chi connectivity index (χ0) is 12.3. The van der Waals surface area contributed by atoms with Crippen molar-refractivity contribution in [3.8, 4) is 5.75 Å². The highest BCUT2D eigenvalue weighted by atomic mass is 16.5. The van der Waals surface area contributed by atoms with E-state index in [1.807, 2.05) is 32.0 Å². The second-order valence-corrected chi connectivity index (χ2v) is 4.68. The first-order chi connectivity index (χ1) is 8.16. The van der Waals surface area contributed by atoms with Gasteiger partial charge in [-0.1, -0.05) is 18.2 Å². The number of hydrogen-bond acceptors (Lipinski definition) is 3. The Labute approximate surface area is 102 Å². The summed E-state index contributed by atoms with van der Waals surface area (Å²) in [7, 11) is 0. The fourth-order valence-electron chi connectivity index (χ4n) is 2.23. The van der Waals surface area contributed by atoms with Crippen LogP contribution in [0.15, 0.2) is 18.2 Å². The summed E-state index contributed by atoms with van der Waals surface area (Å²) in [6.07, 6.45) is 2.38. The molecule has 0 aromatic heterocycles. The molecule has 3 heteroatoms. The number of carbonyl (C=O) groups excluding carboxylic acids is 1. The van der Waals surface area contributed by atoms with Crippen LogP contribution in [0.25, 0.3) is 0 Å². The van der Waals surface area contributed by atoms with Crippen molar-refractivity contribution in [3.63, 3.8) is 0 Å². The van der Waals surface area contributed by atoms with Crippen LogP contribution >= 0.6 is 0 Å². The van der Waals surface area contributed by atoms with Crippen LogP contribution in [0.3, 0.4) is 0 Å². The molecule has 1 aromatic carbocycles. The SMILES string of the molecule is Cc1cccc(C)c1OC(=O)CN1CCCC1. The molecule has 1 fully saturated rings. The molecule has 92 valence electrons. The molecule has 0 unspecified atom stereocenters. The molecule has 0 radical (unpaired) electrons. The van der Waals surface area contributed by atoms with Gasteiger partial charge in [-0.2, -0.15) is 0 Å². The first kappa shape index (κ1) is 12.1. The molecule has 0 bridgehead atoms. The minimum atomic E-state index is -0.149. The van der Waals surface area contributed by atoms with Crippen molar-refractivity contribution in [2.45, 2.75) is 26.7 Å². The summed E-state index contributed by atoms with van der Waals surface area (Å²) >= 11 is 0. The number of hydrogen-bond donors (Lipinski definition) is 0. The lowest BCUT2D eigenvalue weighted by Gasteiger charge is -2.15. The number of nitrogens with zero attached hydrogens (tertiary/aromatic N) is 1. The zero-order valence-corrected chi connectivity index (χ0v) is 10.5. The summed E-state index contributed by atoms with van der Waals surface area (Å²) in [5.74, 6) is 0.570. The Bertz CT molecular complexity index is 388. The van der Waals surface area contributed by atoms with Crippen LogP contribution in [0.1, 0.15) is 24.0 Å². The average Bonchev–Trinajstić information content (AvgIpc) is 2.76. The standard InChI is InChI=1S/C14H19NO2/c1-11-6-5-7-12(2)14(11)17-13(16)10-15-8-3-4-9-15/h5-7H,3-4,8-10H2,1-2H3. The lowest BCUT2D eigenvalue weighted by molar-refractivity contribution is -0.135. The van der Waals surface area contributed by atoms with Gasteiger partial charge in [0, 0.05) is 0 Å². The van der Waals surface area contributed by atoms with E-state index in [0.29, 0.717) is 6.54 Å². The fourth-order valence-corrected chi connectivity index (χ4v) is 2.23. The van der Waals surface area contributed by atoms with Gasteiger partial charge in [-0.25, -0.2) is 0 Å². The molecule has 1 aliphatic heterocycles. The molecule has 2 rings (SSSR count). The van der Waals surface area contributed by atoms with Crippen LogP contribution in [0.5, 0.6) is 5.75 Å². The second-order valence-electron chi connectivity index (χ2n) is 4.68. The molecule has 0 amide bonds. The Morgan fingerprint density at radius 2 is 1.82 bits per heavy atom. The van der Waals surface area contributed by atoms with Crippen molar-refractivity contribution in [1.29, 1.82) is 0 Å². The highest BCUT2D eigenvalue weighted by Crippen LogP contribution is 2.22. The Kier molecular flexibility index (Phi) is 3.79. The third-order valence-electron chi connectivity index (χ3n) is 3.18. The first-order valence-corrected chi connectivity index (χ1v) is 6.16. The highest BCUT2D eigenvalue weighted by Gasteiger charge is 2.17. The van der Waals surface area contributed by atoms with E-state index in [0.717, 1.165) is 30.0 Å². The molecule has 17 heavy (non-hydrogen) atoms. The molecular weight excluding hydrogens is 214 g/mol. The first-order valence-electron chi connectivity index (χ1n) is 6.16. The van der Waals surface area contributed by atoms with Crippen LogP contribution in [0, 0.1) is 13.8 Å². The summed E-state index contributed by atoms with van der Waals surface area (Å²) in [4.78, 5) is 14.0. The third kappa shape index (κ3) is 3.07. The smallest absolute Gasteiger partial charge is 0.325 e. The Morgan fingerprint density at radius 1 is 1.24 bits per heavy atom. The maximum absolute atomic E-state index is 11.8. The lowest BCUT2D eigenvalue weighted by atomic mass is 10.1. The number of esters is 1. The van der Waals surface area contributed by atoms with Crippen molar-refractivity contribution < 1.29 is 9.53 Å². The van der Waals surface area contributed by atoms with Gasteiger partial charge in [0.2, 0.25) is 0 Å². The number of aryl methyl sites for hydroxylation is 2. The van der Waals surface area contributed by atoms with E-state index < -0.39 is 0 Å². The molecular formula is C14H19NO2. The molecule has 1 aliphatic rings. The van der Waals surface area contributed by atoms with Crippen LogP contribution in [-0.4, -0.2) is 30.5 Å². The van der Waals surface area contributed by atoms with Gasteiger partial charge < -0.3 is 4.74 Å². The number of para-hydroxylation sites is 1. The summed E-state index contributed by atoms with van der Waals surface area (Å²) in [6, 6.07) is 5.90. The van der Waals surface area contributed by atoms with Gasteiger partial charge in [-0.3, -0.25) is 9.69 Å². The molecule has 0 saturated carbocycles. The predicted molar refractivity (Wildman–Crippen MR) is 67.2 cm³/mol. The molecule has 0 N–H and O–H groups in total. The zero-order valence-electron chi connectivity index (χ0n) is 10.5. The van der Waals surface area contributed by atoms with E-state index >= 15 is 0 Å². The Balaban J connectivity index is 1.97. The number of carbonyl (C=O) groups is 1. The minimum absolute atomic E-state index is 0.149. The summed E-state index contributed by atoms with van der Waals surface area (Å²) < 4.78 is 5.46. The van der Waals surface area contributed by atoms with Crippen molar-refractivity contribution in [2.24, 2.45) is 0 Å². The molecule has 1 aromatic rings. The van der Waals surface area contributed by atoms with E-state index in [9.17, 15) is 4.79 Å². The van der Waals surface area contributed by atoms with E-state index in [1.165, 1.54) is 12.8 Å². The molecule has 1 saturated heterocycles. The van der Waals surface area contributed by atoms with Crippen LogP contribution in [0.2, 0.25) is 0 Å². The number of likely N-dealkylation sites (tertiary alicyclic amines) is 1. The normalized spacial score (nSPS) is 16.1. The van der Waals surface area contributed by atoms with Crippen molar-refractivity contribution in [2.75, 3.05) is 19.6 Å².